The van der Waals surface area contributed by atoms with Crippen LogP contribution in [0.4, 0.5) is 0 Å². The lowest BCUT2D eigenvalue weighted by atomic mass is 10.2. The SMILES string of the molecule is CCc1nnc2c3cc(Cl)ccc3ncn12. The lowest BCUT2D eigenvalue weighted by Crippen LogP contribution is -1.94. The molecule has 0 fully saturated rings. The van der Waals surface area contributed by atoms with E-state index in [1.807, 2.05) is 29.5 Å². The Morgan fingerprint density at radius 1 is 1.31 bits per heavy atom. The molecule has 0 radical (unpaired) electrons. The summed E-state index contributed by atoms with van der Waals surface area (Å²) >= 11 is 5.97. The van der Waals surface area contributed by atoms with E-state index in [1.165, 1.54) is 0 Å². The van der Waals surface area contributed by atoms with Gasteiger partial charge in [0.2, 0.25) is 0 Å². The molecule has 0 unspecified atom stereocenters. The van der Waals surface area contributed by atoms with Crippen molar-refractivity contribution in [2.24, 2.45) is 0 Å². The highest BCUT2D eigenvalue weighted by atomic mass is 35.5. The van der Waals surface area contributed by atoms with Gasteiger partial charge in [0.25, 0.3) is 0 Å². The second-order valence-corrected chi connectivity index (χ2v) is 4.01. The van der Waals surface area contributed by atoms with Gasteiger partial charge in [0, 0.05) is 16.8 Å². The monoisotopic (exact) mass is 232 g/mol. The van der Waals surface area contributed by atoms with Crippen molar-refractivity contribution in [3.8, 4) is 0 Å². The summed E-state index contributed by atoms with van der Waals surface area (Å²) in [4.78, 5) is 4.36. The van der Waals surface area contributed by atoms with Crippen molar-refractivity contribution in [2.75, 3.05) is 0 Å². The zero-order valence-corrected chi connectivity index (χ0v) is 9.44. The second kappa shape index (κ2) is 3.42. The van der Waals surface area contributed by atoms with E-state index in [4.69, 9.17) is 11.6 Å². The zero-order valence-electron chi connectivity index (χ0n) is 8.68. The smallest absolute Gasteiger partial charge is 0.171 e. The van der Waals surface area contributed by atoms with Crippen LogP contribution in [0.1, 0.15) is 12.7 Å². The van der Waals surface area contributed by atoms with E-state index in [-0.39, 0.29) is 0 Å². The molecule has 4 nitrogen and oxygen atoms in total. The van der Waals surface area contributed by atoms with E-state index in [0.717, 1.165) is 28.8 Å². The van der Waals surface area contributed by atoms with Crippen molar-refractivity contribution in [2.45, 2.75) is 13.3 Å². The van der Waals surface area contributed by atoms with Crippen LogP contribution in [0.3, 0.4) is 0 Å². The fraction of sp³-hybridized carbons (Fsp3) is 0.182. The molecule has 5 heteroatoms. The number of fused-ring (bicyclic) bond motifs is 3. The standard InChI is InChI=1S/C11H9ClN4/c1-2-10-14-15-11-8-5-7(12)3-4-9(8)13-6-16(10)11/h3-6H,2H2,1H3. The van der Waals surface area contributed by atoms with Crippen molar-refractivity contribution >= 4 is 28.2 Å². The minimum absolute atomic E-state index is 0.684. The maximum atomic E-state index is 5.97. The predicted octanol–water partition coefficient (Wildman–Crippen LogP) is 2.49. The van der Waals surface area contributed by atoms with Crippen LogP contribution in [0.5, 0.6) is 0 Å². The molecule has 0 aliphatic rings. The predicted molar refractivity (Wildman–Crippen MR) is 62.7 cm³/mol. The van der Waals surface area contributed by atoms with Gasteiger partial charge >= 0.3 is 0 Å². The van der Waals surface area contributed by atoms with Crippen LogP contribution in [0, 0.1) is 0 Å². The van der Waals surface area contributed by atoms with E-state index in [0.29, 0.717) is 5.02 Å². The first-order chi connectivity index (χ1) is 7.79. The number of nitrogens with zero attached hydrogens (tertiary/aromatic N) is 4. The number of hydrogen-bond acceptors (Lipinski definition) is 3. The van der Waals surface area contributed by atoms with E-state index in [1.54, 1.807) is 6.33 Å². The van der Waals surface area contributed by atoms with E-state index in [2.05, 4.69) is 15.2 Å². The fourth-order valence-corrected chi connectivity index (χ4v) is 1.96. The highest BCUT2D eigenvalue weighted by Crippen LogP contribution is 2.21. The number of rotatable bonds is 1. The molecule has 16 heavy (non-hydrogen) atoms. The first-order valence-electron chi connectivity index (χ1n) is 5.07. The highest BCUT2D eigenvalue weighted by Gasteiger charge is 2.08. The van der Waals surface area contributed by atoms with Crippen LogP contribution in [-0.2, 0) is 6.42 Å². The molecule has 80 valence electrons. The highest BCUT2D eigenvalue weighted by molar-refractivity contribution is 6.31. The van der Waals surface area contributed by atoms with Gasteiger partial charge < -0.3 is 0 Å². The van der Waals surface area contributed by atoms with Gasteiger partial charge in [-0.05, 0) is 18.2 Å². The average Bonchev–Trinajstić information content (AvgIpc) is 2.72. The Balaban J connectivity index is 2.48. The van der Waals surface area contributed by atoms with Crippen LogP contribution < -0.4 is 0 Å². The molecular weight excluding hydrogens is 224 g/mol. The molecule has 0 spiro atoms. The molecule has 0 amide bonds. The third kappa shape index (κ3) is 1.27. The summed E-state index contributed by atoms with van der Waals surface area (Å²) in [5, 5.41) is 9.91. The topological polar surface area (TPSA) is 43.1 Å². The Bertz CT molecular complexity index is 674. The van der Waals surface area contributed by atoms with Crippen LogP contribution in [0.25, 0.3) is 16.6 Å². The third-order valence-corrected chi connectivity index (χ3v) is 2.83. The largest absolute Gasteiger partial charge is 0.269 e. The maximum Gasteiger partial charge on any atom is 0.171 e. The Morgan fingerprint density at radius 3 is 3.00 bits per heavy atom. The maximum absolute atomic E-state index is 5.97. The molecule has 0 aliphatic heterocycles. The molecule has 0 saturated carbocycles. The van der Waals surface area contributed by atoms with Crippen molar-refractivity contribution in [3.05, 3.63) is 35.4 Å². The second-order valence-electron chi connectivity index (χ2n) is 3.57. The molecule has 0 N–H and O–H groups in total. The van der Waals surface area contributed by atoms with E-state index < -0.39 is 0 Å². The molecule has 2 heterocycles. The molecule has 0 aliphatic carbocycles. The summed E-state index contributed by atoms with van der Waals surface area (Å²) < 4.78 is 1.90. The normalized spacial score (nSPS) is 11.4. The van der Waals surface area contributed by atoms with Crippen molar-refractivity contribution in [1.82, 2.24) is 19.6 Å². The third-order valence-electron chi connectivity index (χ3n) is 2.59. The van der Waals surface area contributed by atoms with Crippen molar-refractivity contribution in [3.63, 3.8) is 0 Å². The minimum atomic E-state index is 0.684. The molecule has 0 saturated heterocycles. The van der Waals surface area contributed by atoms with E-state index >= 15 is 0 Å². The Hall–Kier alpha value is -1.68. The van der Waals surface area contributed by atoms with Crippen molar-refractivity contribution in [1.29, 1.82) is 0 Å². The van der Waals surface area contributed by atoms with Gasteiger partial charge in [0.05, 0.1) is 5.52 Å². The number of aromatic nitrogens is 4. The summed E-state index contributed by atoms with van der Waals surface area (Å²) in [6, 6.07) is 5.58. The average molecular weight is 233 g/mol. The summed E-state index contributed by atoms with van der Waals surface area (Å²) in [5.74, 6) is 0.907. The molecule has 3 rings (SSSR count). The molecule has 3 aromatic rings. The summed E-state index contributed by atoms with van der Waals surface area (Å²) in [6.45, 7) is 2.04. The van der Waals surface area contributed by atoms with Gasteiger partial charge in [-0.15, -0.1) is 10.2 Å². The number of hydrogen-bond donors (Lipinski definition) is 0. The minimum Gasteiger partial charge on any atom is -0.269 e. The zero-order chi connectivity index (χ0) is 11.1. The van der Waals surface area contributed by atoms with Gasteiger partial charge in [-0.3, -0.25) is 4.40 Å². The Morgan fingerprint density at radius 2 is 2.19 bits per heavy atom. The fourth-order valence-electron chi connectivity index (χ4n) is 1.79. The van der Waals surface area contributed by atoms with Crippen LogP contribution in [0.15, 0.2) is 24.5 Å². The number of aryl methyl sites for hydroxylation is 1. The number of benzene rings is 1. The van der Waals surface area contributed by atoms with Crippen LogP contribution in [-0.4, -0.2) is 19.6 Å². The first-order valence-corrected chi connectivity index (χ1v) is 5.45. The molecular formula is C11H9ClN4. The van der Waals surface area contributed by atoms with Gasteiger partial charge in [-0.2, -0.15) is 0 Å². The quantitative estimate of drug-likeness (QED) is 0.648. The van der Waals surface area contributed by atoms with E-state index in [9.17, 15) is 0 Å². The summed E-state index contributed by atoms with van der Waals surface area (Å²) in [7, 11) is 0. The van der Waals surface area contributed by atoms with Crippen molar-refractivity contribution < 1.29 is 0 Å². The molecule has 2 aromatic heterocycles. The summed E-state index contributed by atoms with van der Waals surface area (Å²) in [6.07, 6.45) is 2.58. The van der Waals surface area contributed by atoms with Gasteiger partial charge in [-0.25, -0.2) is 4.98 Å². The lowest BCUT2D eigenvalue weighted by Gasteiger charge is -2.00. The van der Waals surface area contributed by atoms with Gasteiger partial charge in [-0.1, -0.05) is 18.5 Å². The van der Waals surface area contributed by atoms with Gasteiger partial charge in [0.1, 0.15) is 12.2 Å². The van der Waals surface area contributed by atoms with Crippen LogP contribution in [0.2, 0.25) is 5.02 Å². The Labute approximate surface area is 96.9 Å². The van der Waals surface area contributed by atoms with Crippen LogP contribution >= 0.6 is 11.6 Å². The number of halogens is 1. The lowest BCUT2D eigenvalue weighted by molar-refractivity contribution is 0.899. The van der Waals surface area contributed by atoms with Gasteiger partial charge in [0.15, 0.2) is 5.65 Å². The first kappa shape index (κ1) is 9.54. The molecule has 1 aromatic carbocycles. The summed E-state index contributed by atoms with van der Waals surface area (Å²) in [5.41, 5.74) is 1.69. The Kier molecular flexibility index (Phi) is 2.04. The molecule has 0 bridgehead atoms. The molecule has 0 atom stereocenters.